The molecule has 0 heterocycles. The third-order valence-corrected chi connectivity index (χ3v) is 5.55. The van der Waals surface area contributed by atoms with Gasteiger partial charge < -0.3 is 4.43 Å². The molecule has 0 radical (unpaired) electrons. The van der Waals surface area contributed by atoms with Gasteiger partial charge in [0.05, 0.1) is 0 Å². The first kappa shape index (κ1) is 11.7. The summed E-state index contributed by atoms with van der Waals surface area (Å²) < 4.78 is 5.78. The summed E-state index contributed by atoms with van der Waals surface area (Å²) in [4.78, 5) is 0. The van der Waals surface area contributed by atoms with Gasteiger partial charge in [0, 0.05) is 6.10 Å². The first-order valence-corrected chi connectivity index (χ1v) is 7.67. The lowest BCUT2D eigenvalue weighted by molar-refractivity contribution is 0.0751. The van der Waals surface area contributed by atoms with Gasteiger partial charge in [-0.15, -0.1) is 0 Å². The van der Waals surface area contributed by atoms with E-state index < -0.39 is 0 Å². The maximum absolute atomic E-state index is 5.78. The molecule has 0 amide bonds. The van der Waals surface area contributed by atoms with Crippen LogP contribution in [0.15, 0.2) is 0 Å². The monoisotopic (exact) mass is 226 g/mol. The molecule has 88 valence electrons. The Morgan fingerprint density at radius 1 is 0.933 bits per heavy atom. The predicted octanol–water partition coefficient (Wildman–Crippen LogP) is 2.67. The highest BCUT2D eigenvalue weighted by Crippen LogP contribution is 2.43. The van der Waals surface area contributed by atoms with Crippen molar-refractivity contribution in [3.05, 3.63) is 0 Å². The Labute approximate surface area is 97.5 Å². The Morgan fingerprint density at radius 3 is 1.67 bits per heavy atom. The molecule has 2 aliphatic rings. The molecule has 0 aromatic rings. The summed E-state index contributed by atoms with van der Waals surface area (Å²) in [5.41, 5.74) is 0. The van der Waals surface area contributed by atoms with Crippen LogP contribution in [-0.2, 0) is 4.43 Å². The molecule has 0 spiro atoms. The molecule has 0 N–H and O–H groups in total. The van der Waals surface area contributed by atoms with Crippen LogP contribution in [0.5, 0.6) is 0 Å². The van der Waals surface area contributed by atoms with Gasteiger partial charge in [-0.3, -0.25) is 0 Å². The van der Waals surface area contributed by atoms with E-state index in [1.807, 2.05) is 0 Å². The summed E-state index contributed by atoms with van der Waals surface area (Å²) in [5.74, 6) is 2.89. The standard InChI is InChI=1S/C13H26OSi/c1-10(14-15)13(11-6-2-3-7-11)12-8-4-5-9-12/h10-13H,2-9H2,1,15H3. The smallest absolute Gasteiger partial charge is 0.146 e. The van der Waals surface area contributed by atoms with Crippen LogP contribution in [0.1, 0.15) is 58.3 Å². The van der Waals surface area contributed by atoms with Gasteiger partial charge in [0.2, 0.25) is 0 Å². The van der Waals surface area contributed by atoms with Crippen LogP contribution in [0.3, 0.4) is 0 Å². The maximum Gasteiger partial charge on any atom is 0.146 e. The van der Waals surface area contributed by atoms with Crippen LogP contribution in [0.4, 0.5) is 0 Å². The number of hydrogen-bond donors (Lipinski definition) is 0. The highest BCUT2D eigenvalue weighted by molar-refractivity contribution is 5.98. The van der Waals surface area contributed by atoms with E-state index in [1.165, 1.54) is 51.4 Å². The molecule has 15 heavy (non-hydrogen) atoms. The van der Waals surface area contributed by atoms with Crippen molar-refractivity contribution < 1.29 is 4.43 Å². The molecule has 1 unspecified atom stereocenters. The van der Waals surface area contributed by atoms with Crippen molar-refractivity contribution in [1.29, 1.82) is 0 Å². The minimum atomic E-state index is 0.544. The topological polar surface area (TPSA) is 9.23 Å². The Kier molecular flexibility index (Phi) is 4.27. The Bertz CT molecular complexity index is 167. The van der Waals surface area contributed by atoms with Crippen LogP contribution >= 0.6 is 0 Å². The quantitative estimate of drug-likeness (QED) is 0.670. The van der Waals surface area contributed by atoms with Gasteiger partial charge >= 0.3 is 0 Å². The number of rotatable bonds is 4. The molecule has 0 aromatic heterocycles. The van der Waals surface area contributed by atoms with E-state index in [1.54, 1.807) is 0 Å². The second kappa shape index (κ2) is 5.49. The Balaban J connectivity index is 2.00. The van der Waals surface area contributed by atoms with E-state index in [2.05, 4.69) is 6.92 Å². The summed E-state index contributed by atoms with van der Waals surface area (Å²) in [5, 5.41) is 0. The van der Waals surface area contributed by atoms with E-state index >= 15 is 0 Å². The van der Waals surface area contributed by atoms with Gasteiger partial charge in [0.15, 0.2) is 0 Å². The van der Waals surface area contributed by atoms with Crippen molar-refractivity contribution in [3.63, 3.8) is 0 Å². The van der Waals surface area contributed by atoms with Crippen LogP contribution in [0.2, 0.25) is 0 Å². The van der Waals surface area contributed by atoms with Gasteiger partial charge in [0.1, 0.15) is 10.5 Å². The van der Waals surface area contributed by atoms with E-state index in [0.717, 1.165) is 28.2 Å². The molecule has 1 nitrogen and oxygen atoms in total. The molecule has 0 aromatic carbocycles. The SMILES string of the molecule is CC(O[SiH3])C(C1CCCC1)C1CCCC1. The fourth-order valence-electron chi connectivity index (χ4n) is 3.99. The third kappa shape index (κ3) is 2.65. The average molecular weight is 226 g/mol. The molecule has 1 atom stereocenters. The Hall–Kier alpha value is 0.177. The zero-order valence-electron chi connectivity index (χ0n) is 10.4. The van der Waals surface area contributed by atoms with Gasteiger partial charge in [-0.1, -0.05) is 51.4 Å². The molecule has 0 saturated heterocycles. The van der Waals surface area contributed by atoms with Crippen LogP contribution in [0, 0.1) is 17.8 Å². The van der Waals surface area contributed by atoms with Gasteiger partial charge in [-0.05, 0) is 24.7 Å². The van der Waals surface area contributed by atoms with E-state index in [-0.39, 0.29) is 0 Å². The highest BCUT2D eigenvalue weighted by atomic mass is 28.2. The third-order valence-electron chi connectivity index (χ3n) is 4.80. The van der Waals surface area contributed by atoms with E-state index in [0.29, 0.717) is 6.10 Å². The fraction of sp³-hybridized carbons (Fsp3) is 1.00. The van der Waals surface area contributed by atoms with Gasteiger partial charge in [-0.25, -0.2) is 0 Å². The van der Waals surface area contributed by atoms with Crippen molar-refractivity contribution in [2.45, 2.75) is 64.4 Å². The summed E-state index contributed by atoms with van der Waals surface area (Å²) in [7, 11) is 0.913. The molecular formula is C13H26OSi. The van der Waals surface area contributed by atoms with Crippen LogP contribution in [-0.4, -0.2) is 16.6 Å². The van der Waals surface area contributed by atoms with E-state index in [9.17, 15) is 0 Å². The van der Waals surface area contributed by atoms with Crippen LogP contribution < -0.4 is 0 Å². The maximum atomic E-state index is 5.78. The zero-order valence-corrected chi connectivity index (χ0v) is 12.4. The van der Waals surface area contributed by atoms with Crippen molar-refractivity contribution in [2.75, 3.05) is 0 Å². The molecular weight excluding hydrogens is 200 g/mol. The van der Waals surface area contributed by atoms with Crippen molar-refractivity contribution in [3.8, 4) is 0 Å². The minimum absolute atomic E-state index is 0.544. The predicted molar refractivity (Wildman–Crippen MR) is 67.9 cm³/mol. The lowest BCUT2D eigenvalue weighted by atomic mass is 9.76. The second-order valence-electron chi connectivity index (χ2n) is 5.61. The molecule has 2 aliphatic carbocycles. The van der Waals surface area contributed by atoms with Crippen molar-refractivity contribution in [1.82, 2.24) is 0 Å². The average Bonchev–Trinajstić information content (AvgIpc) is 2.90. The first-order chi connectivity index (χ1) is 7.33. The lowest BCUT2D eigenvalue weighted by Crippen LogP contribution is -2.32. The summed E-state index contributed by atoms with van der Waals surface area (Å²) in [6.45, 7) is 2.33. The molecule has 2 saturated carbocycles. The normalized spacial score (nSPS) is 26.8. The summed E-state index contributed by atoms with van der Waals surface area (Å²) in [6, 6.07) is 0. The summed E-state index contributed by atoms with van der Waals surface area (Å²) >= 11 is 0. The van der Waals surface area contributed by atoms with Crippen molar-refractivity contribution >= 4 is 10.5 Å². The van der Waals surface area contributed by atoms with Gasteiger partial charge in [0.25, 0.3) is 0 Å². The molecule has 0 bridgehead atoms. The van der Waals surface area contributed by atoms with E-state index in [4.69, 9.17) is 4.43 Å². The first-order valence-electron chi connectivity index (χ1n) is 6.85. The molecule has 0 aliphatic heterocycles. The Morgan fingerprint density at radius 2 is 1.33 bits per heavy atom. The lowest BCUT2D eigenvalue weighted by Gasteiger charge is -2.34. The highest BCUT2D eigenvalue weighted by Gasteiger charge is 2.36. The molecule has 2 heteroatoms. The summed E-state index contributed by atoms with van der Waals surface area (Å²) in [6.07, 6.45) is 12.4. The van der Waals surface area contributed by atoms with Crippen molar-refractivity contribution in [2.24, 2.45) is 17.8 Å². The number of hydrogen-bond acceptors (Lipinski definition) is 1. The molecule has 2 fully saturated rings. The fourth-order valence-corrected chi connectivity index (χ4v) is 4.31. The zero-order chi connectivity index (χ0) is 10.7. The molecule has 2 rings (SSSR count). The minimum Gasteiger partial charge on any atom is -0.425 e. The second-order valence-corrected chi connectivity index (χ2v) is 6.08. The van der Waals surface area contributed by atoms with Gasteiger partial charge in [-0.2, -0.15) is 0 Å². The van der Waals surface area contributed by atoms with Crippen LogP contribution in [0.25, 0.3) is 0 Å². The largest absolute Gasteiger partial charge is 0.425 e.